The first-order valence-corrected chi connectivity index (χ1v) is 6.49. The van der Waals surface area contributed by atoms with Gasteiger partial charge in [0.2, 0.25) is 0 Å². The minimum atomic E-state index is -0.112. The average molecular weight is 225 g/mol. The standard InChI is InChI=1S/C14H27NO/c1-2-3-4-5-6-7-8-9-10-11-12-14(15)13-16/h8-11,14,16H,2-7,12-13,15H2,1H3/b9-8+,11-10+/t14-/m1/s1. The third kappa shape index (κ3) is 11.5. The lowest BCUT2D eigenvalue weighted by Gasteiger charge is -2.01. The van der Waals surface area contributed by atoms with Gasteiger partial charge in [-0.25, -0.2) is 0 Å². The highest BCUT2D eigenvalue weighted by Crippen LogP contribution is 2.05. The van der Waals surface area contributed by atoms with E-state index in [0.29, 0.717) is 0 Å². The van der Waals surface area contributed by atoms with Crippen molar-refractivity contribution in [3.63, 3.8) is 0 Å². The van der Waals surface area contributed by atoms with Crippen molar-refractivity contribution in [3.8, 4) is 0 Å². The first-order valence-electron chi connectivity index (χ1n) is 6.49. The van der Waals surface area contributed by atoms with Gasteiger partial charge in [-0.15, -0.1) is 0 Å². The molecule has 0 aliphatic heterocycles. The smallest absolute Gasteiger partial charge is 0.0585 e. The van der Waals surface area contributed by atoms with Crippen LogP contribution in [0.3, 0.4) is 0 Å². The number of unbranched alkanes of at least 4 members (excludes halogenated alkanes) is 5. The minimum absolute atomic E-state index is 0.0610. The maximum atomic E-state index is 8.70. The van der Waals surface area contributed by atoms with E-state index < -0.39 is 0 Å². The van der Waals surface area contributed by atoms with E-state index in [4.69, 9.17) is 10.8 Å². The second-order valence-electron chi connectivity index (χ2n) is 4.24. The quantitative estimate of drug-likeness (QED) is 0.443. The number of hydrogen-bond donors (Lipinski definition) is 2. The van der Waals surface area contributed by atoms with Gasteiger partial charge in [0.05, 0.1) is 6.61 Å². The normalized spacial score (nSPS) is 13.9. The van der Waals surface area contributed by atoms with Crippen LogP contribution in [0, 0.1) is 0 Å². The molecule has 0 heterocycles. The first kappa shape index (κ1) is 15.4. The summed E-state index contributed by atoms with van der Waals surface area (Å²) < 4.78 is 0. The van der Waals surface area contributed by atoms with E-state index in [0.717, 1.165) is 6.42 Å². The maximum Gasteiger partial charge on any atom is 0.0585 e. The van der Waals surface area contributed by atoms with Crippen molar-refractivity contribution in [2.75, 3.05) is 6.61 Å². The molecule has 3 N–H and O–H groups in total. The summed E-state index contributed by atoms with van der Waals surface area (Å²) in [6, 6.07) is -0.112. The summed E-state index contributed by atoms with van der Waals surface area (Å²) in [5.74, 6) is 0. The van der Waals surface area contributed by atoms with Crippen molar-refractivity contribution >= 4 is 0 Å². The highest BCUT2D eigenvalue weighted by molar-refractivity contribution is 5.03. The van der Waals surface area contributed by atoms with Gasteiger partial charge in [0.25, 0.3) is 0 Å². The molecule has 0 amide bonds. The fraction of sp³-hybridized carbons (Fsp3) is 0.714. The van der Waals surface area contributed by atoms with Crippen LogP contribution in [-0.4, -0.2) is 17.8 Å². The lowest BCUT2D eigenvalue weighted by molar-refractivity contribution is 0.266. The van der Waals surface area contributed by atoms with Crippen LogP contribution in [0.4, 0.5) is 0 Å². The van der Waals surface area contributed by atoms with Crippen molar-refractivity contribution in [3.05, 3.63) is 24.3 Å². The number of allylic oxidation sites excluding steroid dienone is 3. The molecule has 1 atom stereocenters. The highest BCUT2D eigenvalue weighted by Gasteiger charge is 1.93. The summed E-state index contributed by atoms with van der Waals surface area (Å²) in [5, 5.41) is 8.70. The number of rotatable bonds is 10. The van der Waals surface area contributed by atoms with E-state index in [9.17, 15) is 0 Å². The second-order valence-corrected chi connectivity index (χ2v) is 4.24. The third-order valence-electron chi connectivity index (χ3n) is 2.53. The number of aliphatic hydroxyl groups is 1. The average Bonchev–Trinajstić information content (AvgIpc) is 2.31. The summed E-state index contributed by atoms with van der Waals surface area (Å²) in [5.41, 5.74) is 5.56. The van der Waals surface area contributed by atoms with E-state index in [-0.39, 0.29) is 12.6 Å². The molecule has 0 aromatic heterocycles. The summed E-state index contributed by atoms with van der Waals surface area (Å²) >= 11 is 0. The second kappa shape index (κ2) is 12.5. The van der Waals surface area contributed by atoms with Gasteiger partial charge in [-0.1, -0.05) is 56.9 Å². The first-order chi connectivity index (χ1) is 7.81. The van der Waals surface area contributed by atoms with E-state index in [1.165, 1.54) is 38.5 Å². The SMILES string of the molecule is CCCCCCC/C=C/C=C/C[C@@H](N)CO. The van der Waals surface area contributed by atoms with E-state index in [2.05, 4.69) is 19.1 Å². The molecule has 0 saturated heterocycles. The molecule has 0 saturated carbocycles. The van der Waals surface area contributed by atoms with Gasteiger partial charge in [0.1, 0.15) is 0 Å². The van der Waals surface area contributed by atoms with Crippen LogP contribution in [0.5, 0.6) is 0 Å². The van der Waals surface area contributed by atoms with Gasteiger partial charge in [0, 0.05) is 6.04 Å². The molecule has 0 rings (SSSR count). The van der Waals surface area contributed by atoms with Gasteiger partial charge in [-0.05, 0) is 19.3 Å². The molecule has 2 heteroatoms. The van der Waals surface area contributed by atoms with E-state index in [1.54, 1.807) is 0 Å². The van der Waals surface area contributed by atoms with Gasteiger partial charge in [0.15, 0.2) is 0 Å². The fourth-order valence-corrected chi connectivity index (χ4v) is 1.45. The molecule has 0 unspecified atom stereocenters. The Labute approximate surface area is 100 Å². The summed E-state index contributed by atoms with van der Waals surface area (Å²) in [4.78, 5) is 0. The molecule has 0 spiro atoms. The highest BCUT2D eigenvalue weighted by atomic mass is 16.3. The Morgan fingerprint density at radius 2 is 1.75 bits per heavy atom. The van der Waals surface area contributed by atoms with Crippen LogP contribution < -0.4 is 5.73 Å². The molecule has 2 nitrogen and oxygen atoms in total. The number of nitrogens with two attached hydrogens (primary N) is 1. The third-order valence-corrected chi connectivity index (χ3v) is 2.53. The Kier molecular flexibility index (Phi) is 12.0. The Morgan fingerprint density at radius 3 is 2.44 bits per heavy atom. The molecule has 0 aromatic rings. The summed E-state index contributed by atoms with van der Waals surface area (Å²) in [6.45, 7) is 2.30. The zero-order chi connectivity index (χ0) is 12.1. The van der Waals surface area contributed by atoms with Gasteiger partial charge >= 0.3 is 0 Å². The van der Waals surface area contributed by atoms with Crippen LogP contribution in [-0.2, 0) is 0 Å². The van der Waals surface area contributed by atoms with Crippen molar-refractivity contribution in [1.29, 1.82) is 0 Å². The summed E-state index contributed by atoms with van der Waals surface area (Å²) in [7, 11) is 0. The van der Waals surface area contributed by atoms with E-state index in [1.807, 2.05) is 12.2 Å². The Balaban J connectivity index is 3.27. The Hall–Kier alpha value is -0.600. The molecular weight excluding hydrogens is 198 g/mol. The van der Waals surface area contributed by atoms with Crippen molar-refractivity contribution in [1.82, 2.24) is 0 Å². The zero-order valence-electron chi connectivity index (χ0n) is 10.6. The molecule has 94 valence electrons. The van der Waals surface area contributed by atoms with Crippen molar-refractivity contribution < 1.29 is 5.11 Å². The van der Waals surface area contributed by atoms with Gasteiger partial charge < -0.3 is 10.8 Å². The lowest BCUT2D eigenvalue weighted by Crippen LogP contribution is -2.22. The fourth-order valence-electron chi connectivity index (χ4n) is 1.45. The number of aliphatic hydroxyl groups excluding tert-OH is 1. The molecule has 0 fully saturated rings. The molecule has 0 radical (unpaired) electrons. The van der Waals surface area contributed by atoms with Crippen LogP contribution in [0.2, 0.25) is 0 Å². The Morgan fingerprint density at radius 1 is 1.06 bits per heavy atom. The van der Waals surface area contributed by atoms with Crippen LogP contribution in [0.25, 0.3) is 0 Å². The topological polar surface area (TPSA) is 46.2 Å². The number of hydrogen-bond acceptors (Lipinski definition) is 2. The molecule has 0 aliphatic carbocycles. The maximum absolute atomic E-state index is 8.70. The van der Waals surface area contributed by atoms with Crippen LogP contribution >= 0.6 is 0 Å². The van der Waals surface area contributed by atoms with Crippen molar-refractivity contribution in [2.24, 2.45) is 5.73 Å². The van der Waals surface area contributed by atoms with Gasteiger partial charge in [-0.2, -0.15) is 0 Å². The Bertz CT molecular complexity index is 187. The van der Waals surface area contributed by atoms with Crippen molar-refractivity contribution in [2.45, 2.75) is 57.9 Å². The minimum Gasteiger partial charge on any atom is -0.395 e. The largest absolute Gasteiger partial charge is 0.395 e. The van der Waals surface area contributed by atoms with Crippen LogP contribution in [0.15, 0.2) is 24.3 Å². The van der Waals surface area contributed by atoms with E-state index >= 15 is 0 Å². The molecular formula is C14H27NO. The monoisotopic (exact) mass is 225 g/mol. The van der Waals surface area contributed by atoms with Crippen LogP contribution in [0.1, 0.15) is 51.9 Å². The molecule has 0 aliphatic rings. The predicted octanol–water partition coefficient (Wildman–Crippen LogP) is 3.17. The molecule has 0 bridgehead atoms. The van der Waals surface area contributed by atoms with Gasteiger partial charge in [-0.3, -0.25) is 0 Å². The molecule has 16 heavy (non-hydrogen) atoms. The molecule has 0 aromatic carbocycles. The predicted molar refractivity (Wildman–Crippen MR) is 71.3 cm³/mol. The lowest BCUT2D eigenvalue weighted by atomic mass is 10.1. The zero-order valence-corrected chi connectivity index (χ0v) is 10.6. The summed E-state index contributed by atoms with van der Waals surface area (Å²) in [6.07, 6.45) is 16.9.